The van der Waals surface area contributed by atoms with Crippen molar-refractivity contribution in [3.05, 3.63) is 35.4 Å². The zero-order valence-electron chi connectivity index (χ0n) is 11.5. The van der Waals surface area contributed by atoms with Gasteiger partial charge in [-0.2, -0.15) is 0 Å². The summed E-state index contributed by atoms with van der Waals surface area (Å²) < 4.78 is 26.7. The molecule has 0 aliphatic carbocycles. The number of halogens is 2. The average molecular weight is 255 g/mol. The molecule has 0 radical (unpaired) electrons. The monoisotopic (exact) mass is 255 g/mol. The standard InChI is InChI=1S/C15H23F2N/c1-4-7-18-10-13(11(2)3)8-12-9-14(16)5-6-15(12)17/h5-6,9,11,13,18H,4,7-8,10H2,1-3H3. The molecule has 1 rings (SSSR count). The van der Waals surface area contributed by atoms with E-state index in [0.29, 0.717) is 23.8 Å². The van der Waals surface area contributed by atoms with Crippen LogP contribution >= 0.6 is 0 Å². The van der Waals surface area contributed by atoms with Gasteiger partial charge >= 0.3 is 0 Å². The van der Waals surface area contributed by atoms with Crippen LogP contribution in [-0.2, 0) is 6.42 Å². The third-order valence-electron chi connectivity index (χ3n) is 3.27. The van der Waals surface area contributed by atoms with Crippen LogP contribution in [0.2, 0.25) is 0 Å². The Labute approximate surface area is 109 Å². The van der Waals surface area contributed by atoms with Gasteiger partial charge in [0.25, 0.3) is 0 Å². The topological polar surface area (TPSA) is 12.0 Å². The van der Waals surface area contributed by atoms with Gasteiger partial charge in [0.05, 0.1) is 0 Å². The van der Waals surface area contributed by atoms with Crippen molar-refractivity contribution in [3.8, 4) is 0 Å². The lowest BCUT2D eigenvalue weighted by molar-refractivity contribution is 0.356. The maximum Gasteiger partial charge on any atom is 0.126 e. The predicted octanol–water partition coefficient (Wildman–Crippen LogP) is 3.78. The molecule has 3 heteroatoms. The number of benzene rings is 1. The first kappa shape index (κ1) is 15.1. The van der Waals surface area contributed by atoms with Gasteiger partial charge in [-0.05, 0) is 61.5 Å². The van der Waals surface area contributed by atoms with Crippen LogP contribution in [0.25, 0.3) is 0 Å². The first-order valence-electron chi connectivity index (χ1n) is 6.69. The molecule has 1 aromatic rings. The first-order chi connectivity index (χ1) is 8.54. The zero-order valence-corrected chi connectivity index (χ0v) is 11.5. The highest BCUT2D eigenvalue weighted by molar-refractivity contribution is 5.19. The highest BCUT2D eigenvalue weighted by Crippen LogP contribution is 2.19. The summed E-state index contributed by atoms with van der Waals surface area (Å²) in [5.41, 5.74) is 0.479. The Hall–Kier alpha value is -0.960. The van der Waals surface area contributed by atoms with Gasteiger partial charge in [-0.25, -0.2) is 8.78 Å². The van der Waals surface area contributed by atoms with E-state index in [2.05, 4.69) is 26.1 Å². The molecule has 0 bridgehead atoms. The van der Waals surface area contributed by atoms with Gasteiger partial charge in [0.15, 0.2) is 0 Å². The Morgan fingerprint density at radius 2 is 1.94 bits per heavy atom. The SMILES string of the molecule is CCCNCC(Cc1cc(F)ccc1F)C(C)C. The zero-order chi connectivity index (χ0) is 13.5. The van der Waals surface area contributed by atoms with Crippen molar-refractivity contribution in [2.45, 2.75) is 33.6 Å². The maximum absolute atomic E-state index is 13.6. The van der Waals surface area contributed by atoms with Crippen LogP contribution in [0, 0.1) is 23.5 Å². The summed E-state index contributed by atoms with van der Waals surface area (Å²) in [7, 11) is 0. The highest BCUT2D eigenvalue weighted by Gasteiger charge is 2.16. The average Bonchev–Trinajstić information content (AvgIpc) is 2.32. The summed E-state index contributed by atoms with van der Waals surface area (Å²) in [6, 6.07) is 3.69. The maximum atomic E-state index is 13.6. The van der Waals surface area contributed by atoms with Gasteiger partial charge in [0, 0.05) is 0 Å². The minimum atomic E-state index is -0.365. The van der Waals surface area contributed by atoms with Crippen molar-refractivity contribution in [2.75, 3.05) is 13.1 Å². The molecule has 1 atom stereocenters. The van der Waals surface area contributed by atoms with E-state index in [0.717, 1.165) is 19.5 Å². The van der Waals surface area contributed by atoms with Crippen molar-refractivity contribution in [1.29, 1.82) is 0 Å². The van der Waals surface area contributed by atoms with E-state index in [4.69, 9.17) is 0 Å². The molecular weight excluding hydrogens is 232 g/mol. The molecule has 0 saturated heterocycles. The normalized spacial score (nSPS) is 13.0. The van der Waals surface area contributed by atoms with Crippen LogP contribution in [0.5, 0.6) is 0 Å². The molecule has 0 saturated carbocycles. The van der Waals surface area contributed by atoms with Crippen molar-refractivity contribution >= 4 is 0 Å². The third-order valence-corrected chi connectivity index (χ3v) is 3.27. The molecular formula is C15H23F2N. The molecule has 0 aliphatic heterocycles. The lowest BCUT2D eigenvalue weighted by Gasteiger charge is -2.21. The van der Waals surface area contributed by atoms with Crippen LogP contribution in [0.3, 0.4) is 0 Å². The Morgan fingerprint density at radius 1 is 1.22 bits per heavy atom. The summed E-state index contributed by atoms with van der Waals surface area (Å²) in [4.78, 5) is 0. The minimum Gasteiger partial charge on any atom is -0.316 e. The van der Waals surface area contributed by atoms with Gasteiger partial charge in [-0.15, -0.1) is 0 Å². The second-order valence-corrected chi connectivity index (χ2v) is 5.15. The molecule has 1 N–H and O–H groups in total. The first-order valence-corrected chi connectivity index (χ1v) is 6.69. The van der Waals surface area contributed by atoms with Gasteiger partial charge < -0.3 is 5.32 Å². The van der Waals surface area contributed by atoms with E-state index in [1.807, 2.05) is 0 Å². The lowest BCUT2D eigenvalue weighted by Crippen LogP contribution is -2.28. The molecule has 1 nitrogen and oxygen atoms in total. The Kier molecular flexibility index (Phi) is 6.27. The molecule has 0 aromatic heterocycles. The van der Waals surface area contributed by atoms with Crippen molar-refractivity contribution in [2.24, 2.45) is 11.8 Å². The predicted molar refractivity (Wildman–Crippen MR) is 71.6 cm³/mol. The molecule has 0 spiro atoms. The highest BCUT2D eigenvalue weighted by atomic mass is 19.1. The van der Waals surface area contributed by atoms with E-state index in [1.54, 1.807) is 0 Å². The second kappa shape index (κ2) is 7.47. The van der Waals surface area contributed by atoms with Crippen LogP contribution < -0.4 is 5.32 Å². The van der Waals surface area contributed by atoms with Crippen molar-refractivity contribution in [1.82, 2.24) is 5.32 Å². The van der Waals surface area contributed by atoms with E-state index < -0.39 is 0 Å². The van der Waals surface area contributed by atoms with Crippen LogP contribution in [-0.4, -0.2) is 13.1 Å². The smallest absolute Gasteiger partial charge is 0.126 e. The lowest BCUT2D eigenvalue weighted by atomic mass is 9.89. The number of rotatable bonds is 7. The van der Waals surface area contributed by atoms with Gasteiger partial charge in [-0.1, -0.05) is 20.8 Å². The van der Waals surface area contributed by atoms with Gasteiger partial charge in [0.2, 0.25) is 0 Å². The minimum absolute atomic E-state index is 0.308. The Balaban J connectivity index is 2.67. The summed E-state index contributed by atoms with van der Waals surface area (Å²) >= 11 is 0. The van der Waals surface area contributed by atoms with E-state index in [1.165, 1.54) is 18.2 Å². The Bertz CT molecular complexity index is 364. The third kappa shape index (κ3) is 4.73. The van der Waals surface area contributed by atoms with Crippen LogP contribution in [0.1, 0.15) is 32.8 Å². The molecule has 0 aliphatic rings. The summed E-state index contributed by atoms with van der Waals surface area (Å²) in [5, 5.41) is 3.35. The second-order valence-electron chi connectivity index (χ2n) is 5.15. The van der Waals surface area contributed by atoms with Crippen molar-refractivity contribution in [3.63, 3.8) is 0 Å². The van der Waals surface area contributed by atoms with Gasteiger partial charge in [-0.3, -0.25) is 0 Å². The molecule has 0 amide bonds. The van der Waals surface area contributed by atoms with E-state index in [9.17, 15) is 8.78 Å². The summed E-state index contributed by atoms with van der Waals surface area (Å²) in [6.45, 7) is 8.17. The summed E-state index contributed by atoms with van der Waals surface area (Å²) in [5.74, 6) is 0.0952. The largest absolute Gasteiger partial charge is 0.316 e. The molecule has 0 heterocycles. The molecule has 102 valence electrons. The van der Waals surface area contributed by atoms with Crippen LogP contribution in [0.4, 0.5) is 8.78 Å². The molecule has 0 fully saturated rings. The molecule has 18 heavy (non-hydrogen) atoms. The molecule has 1 unspecified atom stereocenters. The molecule has 1 aromatic carbocycles. The fourth-order valence-corrected chi connectivity index (χ4v) is 1.99. The number of nitrogens with one attached hydrogen (secondary N) is 1. The van der Waals surface area contributed by atoms with Crippen molar-refractivity contribution < 1.29 is 8.78 Å². The fourth-order valence-electron chi connectivity index (χ4n) is 1.99. The Morgan fingerprint density at radius 3 is 2.56 bits per heavy atom. The van der Waals surface area contributed by atoms with Gasteiger partial charge in [0.1, 0.15) is 11.6 Å². The van der Waals surface area contributed by atoms with E-state index in [-0.39, 0.29) is 11.6 Å². The quantitative estimate of drug-likeness (QED) is 0.731. The number of hydrogen-bond donors (Lipinski definition) is 1. The van der Waals surface area contributed by atoms with E-state index >= 15 is 0 Å². The van der Waals surface area contributed by atoms with Crippen LogP contribution in [0.15, 0.2) is 18.2 Å². The fraction of sp³-hybridized carbons (Fsp3) is 0.600. The summed E-state index contributed by atoms with van der Waals surface area (Å²) in [6.07, 6.45) is 1.66. The number of hydrogen-bond acceptors (Lipinski definition) is 1.